The fourth-order valence-electron chi connectivity index (χ4n) is 1.89. The van der Waals surface area contributed by atoms with E-state index in [1.165, 1.54) is 0 Å². The molecule has 2 nitrogen and oxygen atoms in total. The standard InChI is InChI=1S/C12H13F7N2/c1-2-3-21-9(7-4-8(13)6-20-5-7)10(11(14,15)16)12(17,18)19/h4-6,9-10,21H,2-3H2,1H3. The van der Waals surface area contributed by atoms with Crippen LogP contribution in [0.15, 0.2) is 18.5 Å². The van der Waals surface area contributed by atoms with E-state index in [-0.39, 0.29) is 6.54 Å². The van der Waals surface area contributed by atoms with Crippen LogP contribution in [0.1, 0.15) is 24.9 Å². The van der Waals surface area contributed by atoms with Gasteiger partial charge in [0.1, 0.15) is 5.82 Å². The number of hydrogen-bond acceptors (Lipinski definition) is 2. The van der Waals surface area contributed by atoms with E-state index < -0.39 is 35.7 Å². The van der Waals surface area contributed by atoms with Crippen LogP contribution in [0.2, 0.25) is 0 Å². The lowest BCUT2D eigenvalue weighted by atomic mass is 9.92. The number of aromatic nitrogens is 1. The second kappa shape index (κ2) is 6.59. The van der Waals surface area contributed by atoms with Crippen molar-refractivity contribution in [3.05, 3.63) is 29.8 Å². The minimum Gasteiger partial charge on any atom is -0.309 e. The lowest BCUT2D eigenvalue weighted by Gasteiger charge is -2.31. The Labute approximate surface area is 116 Å². The molecule has 1 unspecified atom stereocenters. The van der Waals surface area contributed by atoms with Gasteiger partial charge in [-0.3, -0.25) is 4.98 Å². The van der Waals surface area contributed by atoms with E-state index in [9.17, 15) is 30.7 Å². The molecule has 1 rings (SSSR count). The Morgan fingerprint density at radius 3 is 2.10 bits per heavy atom. The maximum Gasteiger partial charge on any atom is 0.402 e. The Balaban J connectivity index is 3.27. The Morgan fingerprint density at radius 2 is 1.67 bits per heavy atom. The van der Waals surface area contributed by atoms with Crippen LogP contribution >= 0.6 is 0 Å². The van der Waals surface area contributed by atoms with Crippen molar-refractivity contribution in [1.82, 2.24) is 10.3 Å². The first-order chi connectivity index (χ1) is 9.57. The normalized spacial score (nSPS) is 14.5. The molecule has 0 fully saturated rings. The molecular weight excluding hydrogens is 305 g/mol. The molecule has 0 aliphatic rings. The number of rotatable bonds is 5. The third-order valence-corrected chi connectivity index (χ3v) is 2.74. The fraction of sp³-hybridized carbons (Fsp3) is 0.583. The molecule has 120 valence electrons. The van der Waals surface area contributed by atoms with E-state index in [4.69, 9.17) is 0 Å². The summed E-state index contributed by atoms with van der Waals surface area (Å²) in [5.74, 6) is -4.64. The maximum atomic E-state index is 13.1. The molecule has 0 saturated carbocycles. The highest BCUT2D eigenvalue weighted by Crippen LogP contribution is 2.46. The number of nitrogens with zero attached hydrogens (tertiary/aromatic N) is 1. The van der Waals surface area contributed by atoms with Gasteiger partial charge in [0.2, 0.25) is 0 Å². The molecule has 0 spiro atoms. The van der Waals surface area contributed by atoms with E-state index in [0.29, 0.717) is 18.7 Å². The third kappa shape index (κ3) is 4.83. The van der Waals surface area contributed by atoms with Crippen molar-refractivity contribution in [3.63, 3.8) is 0 Å². The highest BCUT2D eigenvalue weighted by atomic mass is 19.4. The third-order valence-electron chi connectivity index (χ3n) is 2.74. The minimum atomic E-state index is -5.52. The second-order valence-corrected chi connectivity index (χ2v) is 4.43. The summed E-state index contributed by atoms with van der Waals surface area (Å²) in [6, 6.07) is -1.53. The molecule has 1 aromatic rings. The van der Waals surface area contributed by atoms with Crippen LogP contribution in [0.3, 0.4) is 0 Å². The van der Waals surface area contributed by atoms with Gasteiger partial charge in [-0.05, 0) is 24.6 Å². The van der Waals surface area contributed by atoms with E-state index in [0.717, 1.165) is 6.20 Å². The van der Waals surface area contributed by atoms with E-state index in [1.54, 1.807) is 6.92 Å². The molecule has 0 aliphatic heterocycles. The number of nitrogens with one attached hydrogen (secondary N) is 1. The molecule has 1 heterocycles. The van der Waals surface area contributed by atoms with Crippen LogP contribution < -0.4 is 5.32 Å². The smallest absolute Gasteiger partial charge is 0.309 e. The van der Waals surface area contributed by atoms with Crippen LogP contribution in [0.25, 0.3) is 0 Å². The summed E-state index contributed by atoms with van der Waals surface area (Å²) in [5, 5.41) is 2.18. The predicted octanol–water partition coefficient (Wildman–Crippen LogP) is 4.00. The van der Waals surface area contributed by atoms with Gasteiger partial charge in [-0.1, -0.05) is 6.92 Å². The van der Waals surface area contributed by atoms with Crippen LogP contribution in [-0.2, 0) is 0 Å². The first kappa shape index (κ1) is 17.7. The minimum absolute atomic E-state index is 0.0795. The predicted molar refractivity (Wildman–Crippen MR) is 60.8 cm³/mol. The molecule has 1 atom stereocenters. The van der Waals surface area contributed by atoms with Gasteiger partial charge < -0.3 is 5.32 Å². The zero-order valence-corrected chi connectivity index (χ0v) is 10.9. The number of halogens is 7. The van der Waals surface area contributed by atoms with Crippen molar-refractivity contribution < 1.29 is 30.7 Å². The van der Waals surface area contributed by atoms with Gasteiger partial charge in [-0.15, -0.1) is 0 Å². The van der Waals surface area contributed by atoms with Crippen molar-refractivity contribution in [1.29, 1.82) is 0 Å². The van der Waals surface area contributed by atoms with Crippen molar-refractivity contribution >= 4 is 0 Å². The van der Waals surface area contributed by atoms with Crippen molar-refractivity contribution in [3.8, 4) is 0 Å². The van der Waals surface area contributed by atoms with Gasteiger partial charge in [0.25, 0.3) is 0 Å². The Kier molecular flexibility index (Phi) is 5.54. The molecule has 0 radical (unpaired) electrons. The highest BCUT2D eigenvalue weighted by Gasteiger charge is 2.60. The summed E-state index contributed by atoms with van der Waals surface area (Å²) >= 11 is 0. The summed E-state index contributed by atoms with van der Waals surface area (Å²) in [6.45, 7) is 1.51. The highest BCUT2D eigenvalue weighted by molar-refractivity contribution is 5.17. The molecular formula is C12H13F7N2. The molecule has 0 aromatic carbocycles. The maximum absolute atomic E-state index is 13.1. The Morgan fingerprint density at radius 1 is 1.10 bits per heavy atom. The van der Waals surface area contributed by atoms with Gasteiger partial charge in [0.15, 0.2) is 5.92 Å². The zero-order chi connectivity index (χ0) is 16.3. The number of pyridine rings is 1. The van der Waals surface area contributed by atoms with Crippen molar-refractivity contribution in [2.24, 2.45) is 5.92 Å². The van der Waals surface area contributed by atoms with E-state index >= 15 is 0 Å². The van der Waals surface area contributed by atoms with Gasteiger partial charge in [0.05, 0.1) is 12.2 Å². The van der Waals surface area contributed by atoms with E-state index in [2.05, 4.69) is 10.3 Å². The summed E-state index contributed by atoms with van der Waals surface area (Å²) in [7, 11) is 0. The fourth-order valence-corrected chi connectivity index (χ4v) is 1.89. The van der Waals surface area contributed by atoms with Gasteiger partial charge >= 0.3 is 12.4 Å². The van der Waals surface area contributed by atoms with E-state index in [1.807, 2.05) is 0 Å². The lowest BCUT2D eigenvalue weighted by Crippen LogP contribution is -2.46. The van der Waals surface area contributed by atoms with Crippen LogP contribution in [0, 0.1) is 11.7 Å². The topological polar surface area (TPSA) is 24.9 Å². The first-order valence-corrected chi connectivity index (χ1v) is 6.04. The van der Waals surface area contributed by atoms with Crippen LogP contribution in [-0.4, -0.2) is 23.9 Å². The van der Waals surface area contributed by atoms with Gasteiger partial charge in [-0.2, -0.15) is 26.3 Å². The molecule has 0 bridgehead atoms. The van der Waals surface area contributed by atoms with Crippen LogP contribution in [0.4, 0.5) is 30.7 Å². The second-order valence-electron chi connectivity index (χ2n) is 4.43. The monoisotopic (exact) mass is 318 g/mol. The SMILES string of the molecule is CCCNC(c1cncc(F)c1)C(C(F)(F)F)C(F)(F)F. The molecule has 0 aliphatic carbocycles. The van der Waals surface area contributed by atoms with Gasteiger partial charge in [0, 0.05) is 6.20 Å². The molecule has 21 heavy (non-hydrogen) atoms. The Hall–Kier alpha value is -1.38. The number of alkyl halides is 6. The van der Waals surface area contributed by atoms with Crippen molar-refractivity contribution in [2.45, 2.75) is 31.7 Å². The van der Waals surface area contributed by atoms with Crippen molar-refractivity contribution in [2.75, 3.05) is 6.54 Å². The summed E-state index contributed by atoms with van der Waals surface area (Å²) in [4.78, 5) is 3.31. The first-order valence-electron chi connectivity index (χ1n) is 6.04. The molecule has 0 saturated heterocycles. The zero-order valence-electron chi connectivity index (χ0n) is 10.9. The molecule has 1 N–H and O–H groups in total. The molecule has 1 aromatic heterocycles. The average Bonchev–Trinajstić information content (AvgIpc) is 2.30. The van der Waals surface area contributed by atoms with Crippen LogP contribution in [0.5, 0.6) is 0 Å². The Bertz CT molecular complexity index is 442. The molecule has 0 amide bonds. The number of hydrogen-bond donors (Lipinski definition) is 1. The summed E-state index contributed by atoms with van der Waals surface area (Å²) in [5.41, 5.74) is -0.497. The summed E-state index contributed by atoms with van der Waals surface area (Å²) in [6.07, 6.45) is -9.22. The van der Waals surface area contributed by atoms with Gasteiger partial charge in [-0.25, -0.2) is 4.39 Å². The largest absolute Gasteiger partial charge is 0.402 e. The molecule has 9 heteroatoms. The summed E-state index contributed by atoms with van der Waals surface area (Å²) < 4.78 is 89.9. The average molecular weight is 318 g/mol. The quantitative estimate of drug-likeness (QED) is 0.830. The lowest BCUT2D eigenvalue weighted by molar-refractivity contribution is -0.292.